The maximum atomic E-state index is 13.9. The number of benzene rings is 1. The molecule has 0 aromatic heterocycles. The first kappa shape index (κ1) is 18.8. The van der Waals surface area contributed by atoms with Gasteiger partial charge in [-0.05, 0) is 61.6 Å². The maximum Gasteiger partial charge on any atom is 0.411 e. The number of likely N-dealkylation sites (tertiary alicyclic amines) is 1. The van der Waals surface area contributed by atoms with E-state index < -0.39 is 35.6 Å². The van der Waals surface area contributed by atoms with Crippen LogP contribution in [0.25, 0.3) is 0 Å². The minimum atomic E-state index is -1.14. The predicted octanol–water partition coefficient (Wildman–Crippen LogP) is 3.27. The summed E-state index contributed by atoms with van der Waals surface area (Å²) in [6, 6.07) is 3.44. The Balaban J connectivity index is 2.11. The van der Waals surface area contributed by atoms with Gasteiger partial charge in [-0.25, -0.2) is 14.0 Å². The van der Waals surface area contributed by atoms with Crippen LogP contribution >= 0.6 is 22.6 Å². The third kappa shape index (κ3) is 4.71. The van der Waals surface area contributed by atoms with Gasteiger partial charge in [-0.15, -0.1) is 0 Å². The van der Waals surface area contributed by atoms with E-state index in [4.69, 9.17) is 9.47 Å². The average Bonchev–Trinajstić information content (AvgIpc) is 2.84. The second-order valence-electron chi connectivity index (χ2n) is 6.54. The van der Waals surface area contributed by atoms with Crippen molar-refractivity contribution in [2.75, 3.05) is 6.54 Å². The van der Waals surface area contributed by atoms with Gasteiger partial charge >= 0.3 is 12.1 Å². The van der Waals surface area contributed by atoms with Gasteiger partial charge in [-0.2, -0.15) is 0 Å². The molecular weight excluding hydrogens is 432 g/mol. The van der Waals surface area contributed by atoms with Crippen molar-refractivity contribution in [2.24, 2.45) is 0 Å². The molecule has 132 valence electrons. The molecule has 0 bridgehead atoms. The standard InChI is InChI=1S/C16H19FINO5/c1-16(2,3)24-15(22)19-8-10(7-12(19)14(20)21)23-13-5-4-9(18)6-11(13)17/h4-6,10,12H,7-8H2,1-3H3,(H,20,21)/t10-,12-/m0/s1. The molecule has 0 radical (unpaired) electrons. The number of halogens is 2. The molecule has 1 aliphatic rings. The van der Waals surface area contributed by atoms with Gasteiger partial charge in [-0.1, -0.05) is 0 Å². The van der Waals surface area contributed by atoms with Crippen molar-refractivity contribution in [3.8, 4) is 5.75 Å². The van der Waals surface area contributed by atoms with E-state index in [9.17, 15) is 19.1 Å². The molecule has 0 spiro atoms. The first-order chi connectivity index (χ1) is 11.1. The minimum Gasteiger partial charge on any atom is -0.485 e. The Morgan fingerprint density at radius 2 is 2.04 bits per heavy atom. The Morgan fingerprint density at radius 1 is 1.38 bits per heavy atom. The van der Waals surface area contributed by atoms with Crippen molar-refractivity contribution in [1.29, 1.82) is 0 Å². The summed E-state index contributed by atoms with van der Waals surface area (Å²) >= 11 is 1.98. The first-order valence-electron chi connectivity index (χ1n) is 7.41. The topological polar surface area (TPSA) is 76.1 Å². The number of hydrogen-bond acceptors (Lipinski definition) is 4. The van der Waals surface area contributed by atoms with Crippen molar-refractivity contribution in [2.45, 2.75) is 44.9 Å². The van der Waals surface area contributed by atoms with Crippen LogP contribution in [0.1, 0.15) is 27.2 Å². The number of aliphatic carboxylic acids is 1. The highest BCUT2D eigenvalue weighted by Gasteiger charge is 2.42. The van der Waals surface area contributed by atoms with Crippen LogP contribution in [-0.2, 0) is 9.53 Å². The molecular formula is C16H19FINO5. The van der Waals surface area contributed by atoms with Crippen molar-refractivity contribution in [3.05, 3.63) is 27.6 Å². The highest BCUT2D eigenvalue weighted by molar-refractivity contribution is 14.1. The summed E-state index contributed by atoms with van der Waals surface area (Å²) in [6.07, 6.45) is -1.27. The fraction of sp³-hybridized carbons (Fsp3) is 0.500. The lowest BCUT2D eigenvalue weighted by atomic mass is 10.2. The molecule has 8 heteroatoms. The molecule has 1 aromatic carbocycles. The normalized spacial score (nSPS) is 20.8. The lowest BCUT2D eigenvalue weighted by Gasteiger charge is -2.26. The molecule has 1 N–H and O–H groups in total. The van der Waals surface area contributed by atoms with E-state index in [-0.39, 0.29) is 18.7 Å². The molecule has 1 aromatic rings. The fourth-order valence-electron chi connectivity index (χ4n) is 2.39. The van der Waals surface area contributed by atoms with Crippen molar-refractivity contribution in [1.82, 2.24) is 4.90 Å². The molecule has 1 fully saturated rings. The van der Waals surface area contributed by atoms with Gasteiger partial charge in [-0.3, -0.25) is 4.90 Å². The van der Waals surface area contributed by atoms with E-state index in [1.807, 2.05) is 22.6 Å². The molecule has 0 aliphatic carbocycles. The molecule has 6 nitrogen and oxygen atoms in total. The van der Waals surface area contributed by atoms with Crippen LogP contribution < -0.4 is 4.74 Å². The summed E-state index contributed by atoms with van der Waals surface area (Å²) in [6.45, 7) is 5.13. The molecule has 1 aliphatic heterocycles. The summed E-state index contributed by atoms with van der Waals surface area (Å²) in [5.74, 6) is -1.63. The van der Waals surface area contributed by atoms with E-state index in [2.05, 4.69) is 0 Å². The van der Waals surface area contributed by atoms with Crippen LogP contribution in [-0.4, -0.2) is 46.4 Å². The fourth-order valence-corrected chi connectivity index (χ4v) is 2.84. The lowest BCUT2D eigenvalue weighted by molar-refractivity contribution is -0.142. The SMILES string of the molecule is CC(C)(C)OC(=O)N1C[C@@H](Oc2ccc(I)cc2F)C[C@H]1C(=O)O. The number of amides is 1. The Morgan fingerprint density at radius 3 is 2.58 bits per heavy atom. The van der Waals surface area contributed by atoms with Crippen LogP contribution in [0.3, 0.4) is 0 Å². The second kappa shape index (κ2) is 7.12. The zero-order valence-electron chi connectivity index (χ0n) is 13.6. The number of carbonyl (C=O) groups is 2. The van der Waals surface area contributed by atoms with E-state index in [0.717, 1.165) is 8.47 Å². The monoisotopic (exact) mass is 451 g/mol. The summed E-state index contributed by atoms with van der Waals surface area (Å²) in [7, 11) is 0. The number of carboxylic acids is 1. The molecule has 2 atom stereocenters. The van der Waals surface area contributed by atoms with Crippen molar-refractivity contribution < 1.29 is 28.6 Å². The number of ether oxygens (including phenoxy) is 2. The Labute approximate surface area is 153 Å². The second-order valence-corrected chi connectivity index (χ2v) is 7.78. The number of carbonyl (C=O) groups excluding carboxylic acids is 1. The largest absolute Gasteiger partial charge is 0.485 e. The molecule has 0 saturated carbocycles. The number of nitrogens with zero attached hydrogens (tertiary/aromatic N) is 1. The predicted molar refractivity (Wildman–Crippen MR) is 92.5 cm³/mol. The molecule has 1 amide bonds. The Kier molecular flexibility index (Phi) is 5.56. The van der Waals surface area contributed by atoms with Crippen LogP contribution in [0.2, 0.25) is 0 Å². The van der Waals surface area contributed by atoms with E-state index in [0.29, 0.717) is 0 Å². The van der Waals surface area contributed by atoms with Gasteiger partial charge in [0.25, 0.3) is 0 Å². The molecule has 2 rings (SSSR count). The highest BCUT2D eigenvalue weighted by Crippen LogP contribution is 2.27. The summed E-state index contributed by atoms with van der Waals surface area (Å²) < 4.78 is 25.4. The number of carboxylic acid groups (broad SMARTS) is 1. The van der Waals surface area contributed by atoms with Gasteiger partial charge in [0.05, 0.1) is 6.54 Å². The zero-order chi connectivity index (χ0) is 18.1. The first-order valence-corrected chi connectivity index (χ1v) is 8.49. The van der Waals surface area contributed by atoms with E-state index in [1.165, 1.54) is 12.1 Å². The maximum absolute atomic E-state index is 13.9. The molecule has 1 heterocycles. The average molecular weight is 451 g/mol. The number of rotatable bonds is 3. The highest BCUT2D eigenvalue weighted by atomic mass is 127. The van der Waals surface area contributed by atoms with Crippen LogP contribution in [0.5, 0.6) is 5.75 Å². The van der Waals surface area contributed by atoms with Crippen LogP contribution in [0, 0.1) is 9.39 Å². The third-order valence-corrected chi connectivity index (χ3v) is 4.03. The molecule has 24 heavy (non-hydrogen) atoms. The van der Waals surface area contributed by atoms with Crippen molar-refractivity contribution in [3.63, 3.8) is 0 Å². The quantitative estimate of drug-likeness (QED) is 0.715. The van der Waals surface area contributed by atoms with E-state index >= 15 is 0 Å². The van der Waals surface area contributed by atoms with Gasteiger partial charge in [0.15, 0.2) is 11.6 Å². The summed E-state index contributed by atoms with van der Waals surface area (Å²) in [5, 5.41) is 9.33. The number of hydrogen-bond donors (Lipinski definition) is 1. The lowest BCUT2D eigenvalue weighted by Crippen LogP contribution is -2.43. The molecule has 1 saturated heterocycles. The molecule has 0 unspecified atom stereocenters. The smallest absolute Gasteiger partial charge is 0.411 e. The minimum absolute atomic E-state index is 0.0251. The van der Waals surface area contributed by atoms with Crippen LogP contribution in [0.15, 0.2) is 18.2 Å². The third-order valence-electron chi connectivity index (χ3n) is 3.36. The van der Waals surface area contributed by atoms with Gasteiger partial charge in [0.2, 0.25) is 0 Å². The van der Waals surface area contributed by atoms with E-state index in [1.54, 1.807) is 26.8 Å². The van der Waals surface area contributed by atoms with Gasteiger partial charge < -0.3 is 14.6 Å². The van der Waals surface area contributed by atoms with Crippen LogP contribution in [0.4, 0.5) is 9.18 Å². The van der Waals surface area contributed by atoms with Gasteiger partial charge in [0, 0.05) is 9.99 Å². The Bertz CT molecular complexity index is 646. The van der Waals surface area contributed by atoms with Crippen molar-refractivity contribution >= 4 is 34.7 Å². The Hall–Kier alpha value is -1.58. The zero-order valence-corrected chi connectivity index (χ0v) is 15.7. The van der Waals surface area contributed by atoms with Gasteiger partial charge in [0.1, 0.15) is 17.7 Å². The summed E-state index contributed by atoms with van der Waals surface area (Å²) in [4.78, 5) is 24.7. The summed E-state index contributed by atoms with van der Waals surface area (Å²) in [5.41, 5.74) is -0.735.